The number of amides is 1. The minimum absolute atomic E-state index is 0.0242. The van der Waals surface area contributed by atoms with Crippen LogP contribution in [0.2, 0.25) is 0 Å². The van der Waals surface area contributed by atoms with E-state index < -0.39 is 10.2 Å². The first-order chi connectivity index (χ1) is 11.7. The van der Waals surface area contributed by atoms with E-state index in [1.54, 1.807) is 0 Å². The second-order valence-corrected chi connectivity index (χ2v) is 8.73. The van der Waals surface area contributed by atoms with Crippen molar-refractivity contribution in [3.63, 3.8) is 0 Å². The summed E-state index contributed by atoms with van der Waals surface area (Å²) in [6, 6.07) is 5.79. The number of benzene rings is 1. The third kappa shape index (κ3) is 5.17. The molecule has 0 unspecified atom stereocenters. The molecule has 1 amide bonds. The number of hydrogen-bond donors (Lipinski definition) is 1. The van der Waals surface area contributed by atoms with Crippen LogP contribution in [-0.4, -0.2) is 62.8 Å². The van der Waals surface area contributed by atoms with Gasteiger partial charge in [-0.05, 0) is 38.3 Å². The molecule has 25 heavy (non-hydrogen) atoms. The molecule has 1 saturated heterocycles. The monoisotopic (exact) mass is 369 g/mol. The molecule has 0 aromatic heterocycles. The molecule has 0 bridgehead atoms. The molecule has 1 N–H and O–H groups in total. The summed E-state index contributed by atoms with van der Waals surface area (Å²) in [6.07, 6.45) is 1.20. The van der Waals surface area contributed by atoms with Crippen LogP contribution in [0, 0.1) is 13.8 Å². The zero-order valence-corrected chi connectivity index (χ0v) is 16.1. The molecule has 140 valence electrons. The van der Waals surface area contributed by atoms with Crippen LogP contribution in [0.3, 0.4) is 0 Å². The molecule has 1 aromatic carbocycles. The maximum absolute atomic E-state index is 12.1. The molecule has 8 heteroatoms. The minimum atomic E-state index is -3.38. The highest BCUT2D eigenvalue weighted by molar-refractivity contribution is 7.86. The molecule has 7 nitrogen and oxygen atoms in total. The van der Waals surface area contributed by atoms with Crippen molar-refractivity contribution in [2.45, 2.75) is 32.7 Å². The van der Waals surface area contributed by atoms with E-state index in [1.165, 1.54) is 22.7 Å². The maximum atomic E-state index is 12.1. The van der Waals surface area contributed by atoms with Crippen LogP contribution in [0.4, 0.5) is 0 Å². The molecule has 0 aliphatic carbocycles. The second kappa shape index (κ2) is 8.16. The fraction of sp³-hybridized carbons (Fsp3) is 0.588. The van der Waals surface area contributed by atoms with Crippen molar-refractivity contribution in [3.05, 3.63) is 29.3 Å². The van der Waals surface area contributed by atoms with Crippen LogP contribution in [0.5, 0.6) is 5.75 Å². The van der Waals surface area contributed by atoms with Crippen molar-refractivity contribution in [2.24, 2.45) is 0 Å². The summed E-state index contributed by atoms with van der Waals surface area (Å²) in [6.45, 7) is 4.72. The Morgan fingerprint density at radius 1 is 1.28 bits per heavy atom. The number of ether oxygens (including phenoxy) is 1. The van der Waals surface area contributed by atoms with Gasteiger partial charge >= 0.3 is 0 Å². The predicted octanol–water partition coefficient (Wildman–Crippen LogP) is 1.07. The molecule has 1 fully saturated rings. The lowest BCUT2D eigenvalue weighted by molar-refractivity contribution is -0.124. The number of carbonyl (C=O) groups is 1. The number of nitrogens with zero attached hydrogens (tertiary/aromatic N) is 2. The summed E-state index contributed by atoms with van der Waals surface area (Å²) in [7, 11) is -0.334. The molecule has 1 aliphatic rings. The molecule has 2 rings (SSSR count). The molecule has 0 spiro atoms. The zero-order chi connectivity index (χ0) is 18.6. The van der Waals surface area contributed by atoms with Crippen LogP contribution in [-0.2, 0) is 15.0 Å². The summed E-state index contributed by atoms with van der Waals surface area (Å²) in [4.78, 5) is 12.1. The van der Waals surface area contributed by atoms with Gasteiger partial charge in [0.15, 0.2) is 6.61 Å². The van der Waals surface area contributed by atoms with Gasteiger partial charge < -0.3 is 10.1 Å². The third-order valence-corrected chi connectivity index (χ3v) is 6.24. The van der Waals surface area contributed by atoms with Gasteiger partial charge in [0.25, 0.3) is 16.1 Å². The van der Waals surface area contributed by atoms with Gasteiger partial charge in [-0.3, -0.25) is 4.79 Å². The van der Waals surface area contributed by atoms with Crippen LogP contribution in [0.25, 0.3) is 0 Å². The molecule has 1 heterocycles. The number of aryl methyl sites for hydroxylation is 2. The summed E-state index contributed by atoms with van der Waals surface area (Å²) >= 11 is 0. The van der Waals surface area contributed by atoms with Gasteiger partial charge in [0.05, 0.1) is 0 Å². The average Bonchev–Trinajstić information content (AvgIpc) is 2.54. The Balaban J connectivity index is 1.79. The first kappa shape index (κ1) is 19.7. The van der Waals surface area contributed by atoms with E-state index in [0.717, 1.165) is 11.1 Å². The van der Waals surface area contributed by atoms with Crippen molar-refractivity contribution in [1.29, 1.82) is 0 Å². The average molecular weight is 369 g/mol. The van der Waals surface area contributed by atoms with E-state index in [9.17, 15) is 13.2 Å². The van der Waals surface area contributed by atoms with Gasteiger partial charge in [-0.25, -0.2) is 0 Å². The molecular formula is C17H27N3O4S. The lowest BCUT2D eigenvalue weighted by Gasteiger charge is -2.33. The lowest BCUT2D eigenvalue weighted by Crippen LogP contribution is -2.49. The van der Waals surface area contributed by atoms with E-state index in [1.807, 2.05) is 32.0 Å². The Hall–Kier alpha value is -1.64. The van der Waals surface area contributed by atoms with Gasteiger partial charge in [0.1, 0.15) is 5.75 Å². The predicted molar refractivity (Wildman–Crippen MR) is 96.8 cm³/mol. The second-order valence-electron chi connectivity index (χ2n) is 6.59. The van der Waals surface area contributed by atoms with Crippen molar-refractivity contribution >= 4 is 16.1 Å². The summed E-state index contributed by atoms with van der Waals surface area (Å²) in [5, 5.41) is 2.92. The normalized spacial score (nSPS) is 16.8. The first-order valence-corrected chi connectivity index (χ1v) is 9.77. The van der Waals surface area contributed by atoms with Crippen LogP contribution in [0.1, 0.15) is 24.0 Å². The topological polar surface area (TPSA) is 79.0 Å². The number of rotatable bonds is 6. The molecule has 0 radical (unpaired) electrons. The lowest BCUT2D eigenvalue weighted by atomic mass is 10.1. The number of carbonyl (C=O) groups excluding carboxylic acids is 1. The van der Waals surface area contributed by atoms with Crippen LogP contribution in [0.15, 0.2) is 18.2 Å². The smallest absolute Gasteiger partial charge is 0.281 e. The van der Waals surface area contributed by atoms with Gasteiger partial charge in [0.2, 0.25) is 0 Å². The highest BCUT2D eigenvalue weighted by Gasteiger charge is 2.29. The summed E-state index contributed by atoms with van der Waals surface area (Å²) < 4.78 is 32.4. The highest BCUT2D eigenvalue weighted by Crippen LogP contribution is 2.19. The summed E-state index contributed by atoms with van der Waals surface area (Å²) in [5.41, 5.74) is 2.14. The largest absolute Gasteiger partial charge is 0.484 e. The number of hydrogen-bond acceptors (Lipinski definition) is 4. The number of piperidine rings is 1. The van der Waals surface area contributed by atoms with E-state index in [4.69, 9.17) is 4.74 Å². The van der Waals surface area contributed by atoms with Crippen molar-refractivity contribution < 1.29 is 17.9 Å². The van der Waals surface area contributed by atoms with E-state index in [0.29, 0.717) is 31.7 Å². The quantitative estimate of drug-likeness (QED) is 0.814. The Kier molecular flexibility index (Phi) is 6.42. The molecule has 1 aromatic rings. The van der Waals surface area contributed by atoms with E-state index >= 15 is 0 Å². The maximum Gasteiger partial charge on any atom is 0.281 e. The van der Waals surface area contributed by atoms with Crippen LogP contribution < -0.4 is 10.1 Å². The van der Waals surface area contributed by atoms with Gasteiger partial charge in [0, 0.05) is 33.2 Å². The molecule has 0 atom stereocenters. The zero-order valence-electron chi connectivity index (χ0n) is 15.3. The van der Waals surface area contributed by atoms with Gasteiger partial charge in [-0.1, -0.05) is 17.7 Å². The molecule has 0 saturated carbocycles. The standard InChI is InChI=1S/C17H27N3O4S/c1-13-5-6-16(14(2)11-13)24-12-17(21)18-15-7-9-20(10-8-15)25(22,23)19(3)4/h5-6,11,15H,7-10,12H2,1-4H3,(H,18,21). The van der Waals surface area contributed by atoms with E-state index in [-0.39, 0.29) is 18.6 Å². The molecular weight excluding hydrogens is 342 g/mol. The number of nitrogens with one attached hydrogen (secondary N) is 1. The minimum Gasteiger partial charge on any atom is -0.484 e. The fourth-order valence-corrected chi connectivity index (χ4v) is 3.97. The van der Waals surface area contributed by atoms with Crippen molar-refractivity contribution in [1.82, 2.24) is 13.9 Å². The van der Waals surface area contributed by atoms with Crippen molar-refractivity contribution in [3.8, 4) is 5.75 Å². The Bertz CT molecular complexity index is 711. The molecule has 1 aliphatic heterocycles. The van der Waals surface area contributed by atoms with Gasteiger partial charge in [-0.15, -0.1) is 0 Å². The Morgan fingerprint density at radius 2 is 1.92 bits per heavy atom. The highest BCUT2D eigenvalue weighted by atomic mass is 32.2. The van der Waals surface area contributed by atoms with Crippen molar-refractivity contribution in [2.75, 3.05) is 33.8 Å². The SMILES string of the molecule is Cc1ccc(OCC(=O)NC2CCN(S(=O)(=O)N(C)C)CC2)c(C)c1. The Morgan fingerprint density at radius 3 is 2.48 bits per heavy atom. The Labute approximate surface area is 150 Å². The summed E-state index contributed by atoms with van der Waals surface area (Å²) in [5.74, 6) is 0.515. The fourth-order valence-electron chi connectivity index (χ4n) is 2.84. The first-order valence-electron chi connectivity index (χ1n) is 8.37. The van der Waals surface area contributed by atoms with Gasteiger partial charge in [-0.2, -0.15) is 17.0 Å². The van der Waals surface area contributed by atoms with Crippen LogP contribution >= 0.6 is 0 Å². The van der Waals surface area contributed by atoms with E-state index in [2.05, 4.69) is 5.32 Å². The third-order valence-electron chi connectivity index (χ3n) is 4.30.